The average molecular weight is 348 g/mol. The Morgan fingerprint density at radius 1 is 1.25 bits per heavy atom. The maximum absolute atomic E-state index is 12.1. The number of benzene rings is 2. The molecule has 0 saturated heterocycles. The van der Waals surface area contributed by atoms with Gasteiger partial charge in [0.2, 0.25) is 0 Å². The fourth-order valence-corrected chi connectivity index (χ4v) is 2.07. The normalized spacial score (nSPS) is 10.4. The van der Waals surface area contributed by atoms with Crippen LogP contribution in [0.3, 0.4) is 0 Å². The molecule has 2 aromatic rings. The maximum Gasteiger partial charge on any atom is 0.343 e. The van der Waals surface area contributed by atoms with E-state index in [2.05, 4.69) is 10.5 Å². The lowest BCUT2D eigenvalue weighted by atomic mass is 10.2. The van der Waals surface area contributed by atoms with Crippen LogP contribution < -0.4 is 20.6 Å². The van der Waals surface area contributed by atoms with Gasteiger partial charge in [-0.05, 0) is 29.8 Å². The van der Waals surface area contributed by atoms with Crippen molar-refractivity contribution in [1.82, 2.24) is 5.43 Å². The highest BCUT2D eigenvalue weighted by Crippen LogP contribution is 2.36. The third-order valence-corrected chi connectivity index (χ3v) is 3.13. The van der Waals surface area contributed by atoms with Crippen molar-refractivity contribution in [2.45, 2.75) is 0 Å². The summed E-state index contributed by atoms with van der Waals surface area (Å²) in [6, 6.07) is 10.7. The molecule has 0 aliphatic heterocycles. The Morgan fingerprint density at radius 2 is 1.96 bits per heavy atom. The number of carbonyl (C=O) groups excluding carboxylic acids is 2. The number of rotatable bonds is 5. The molecule has 0 fully saturated rings. The van der Waals surface area contributed by atoms with E-state index in [1.807, 2.05) is 0 Å². The number of carbonyl (C=O) groups is 2. The van der Waals surface area contributed by atoms with E-state index in [-0.39, 0.29) is 16.5 Å². The fourth-order valence-electron chi connectivity index (χ4n) is 1.81. The zero-order chi connectivity index (χ0) is 17.5. The second kappa shape index (κ2) is 7.98. The highest BCUT2D eigenvalue weighted by molar-refractivity contribution is 6.32. The molecule has 0 unspecified atom stereocenters. The van der Waals surface area contributed by atoms with Crippen molar-refractivity contribution in [3.63, 3.8) is 0 Å². The highest BCUT2D eigenvalue weighted by atomic mass is 35.5. The highest BCUT2D eigenvalue weighted by Gasteiger charge is 2.16. The topological polar surface area (TPSA) is 103 Å². The minimum absolute atomic E-state index is 0.0908. The fraction of sp³-hybridized carbons (Fsp3) is 0.0625. The molecular weight excluding hydrogens is 334 g/mol. The molecule has 0 radical (unpaired) electrons. The molecule has 0 aromatic heterocycles. The first-order valence-electron chi connectivity index (χ1n) is 6.74. The zero-order valence-electron chi connectivity index (χ0n) is 12.7. The number of esters is 1. The number of urea groups is 1. The number of amides is 2. The predicted octanol–water partition coefficient (Wildman–Crippen LogP) is 2.57. The van der Waals surface area contributed by atoms with Crippen LogP contribution in [0.1, 0.15) is 15.9 Å². The number of nitrogens with zero attached hydrogens (tertiary/aromatic N) is 1. The molecule has 0 bridgehead atoms. The molecule has 0 spiro atoms. The van der Waals surface area contributed by atoms with Gasteiger partial charge in [-0.2, -0.15) is 5.10 Å². The van der Waals surface area contributed by atoms with Crippen molar-refractivity contribution >= 4 is 29.8 Å². The quantitative estimate of drug-likeness (QED) is 0.375. The summed E-state index contributed by atoms with van der Waals surface area (Å²) in [5.74, 6) is -0.229. The zero-order valence-corrected chi connectivity index (χ0v) is 13.4. The Balaban J connectivity index is 2.25. The Morgan fingerprint density at radius 3 is 2.58 bits per heavy atom. The van der Waals surface area contributed by atoms with Crippen LogP contribution in [0.5, 0.6) is 11.5 Å². The van der Waals surface area contributed by atoms with Gasteiger partial charge in [0.1, 0.15) is 0 Å². The van der Waals surface area contributed by atoms with Gasteiger partial charge in [0.25, 0.3) is 0 Å². The third-order valence-electron chi connectivity index (χ3n) is 2.84. The van der Waals surface area contributed by atoms with Crippen LogP contribution in [0, 0.1) is 0 Å². The lowest BCUT2D eigenvalue weighted by Crippen LogP contribution is -2.24. The summed E-state index contributed by atoms with van der Waals surface area (Å²) in [4.78, 5) is 22.7. The van der Waals surface area contributed by atoms with E-state index in [1.54, 1.807) is 36.4 Å². The number of hydrazone groups is 1. The SMILES string of the molecule is COc1cc(C=NNC(N)=O)cc(Cl)c1OC(=O)c1ccccc1. The molecule has 124 valence electrons. The van der Waals surface area contributed by atoms with Crippen molar-refractivity contribution in [1.29, 1.82) is 0 Å². The summed E-state index contributed by atoms with van der Waals surface area (Å²) >= 11 is 6.16. The van der Waals surface area contributed by atoms with Gasteiger partial charge >= 0.3 is 12.0 Å². The number of nitrogens with one attached hydrogen (secondary N) is 1. The van der Waals surface area contributed by atoms with Crippen LogP contribution in [0.2, 0.25) is 5.02 Å². The number of hydrogen-bond donors (Lipinski definition) is 2. The molecule has 2 rings (SSSR count). The number of primary amides is 1. The number of methoxy groups -OCH3 is 1. The predicted molar refractivity (Wildman–Crippen MR) is 89.7 cm³/mol. The van der Waals surface area contributed by atoms with E-state index >= 15 is 0 Å². The molecule has 0 aliphatic rings. The average Bonchev–Trinajstić information content (AvgIpc) is 2.57. The minimum Gasteiger partial charge on any atom is -0.493 e. The van der Waals surface area contributed by atoms with Gasteiger partial charge in [0.15, 0.2) is 11.5 Å². The van der Waals surface area contributed by atoms with Crippen molar-refractivity contribution in [2.75, 3.05) is 7.11 Å². The van der Waals surface area contributed by atoms with Gasteiger partial charge in [-0.25, -0.2) is 15.0 Å². The largest absolute Gasteiger partial charge is 0.493 e. The number of hydrogen-bond acceptors (Lipinski definition) is 5. The van der Waals surface area contributed by atoms with Crippen LogP contribution in [0.25, 0.3) is 0 Å². The first-order valence-corrected chi connectivity index (χ1v) is 7.12. The molecule has 0 atom stereocenters. The Labute approximate surface area is 143 Å². The van der Waals surface area contributed by atoms with Gasteiger partial charge in [0.05, 0.1) is 23.9 Å². The maximum atomic E-state index is 12.1. The Bertz CT molecular complexity index is 778. The molecule has 0 aliphatic carbocycles. The smallest absolute Gasteiger partial charge is 0.343 e. The van der Waals surface area contributed by atoms with Crippen LogP contribution in [0.15, 0.2) is 47.6 Å². The number of halogens is 1. The van der Waals surface area contributed by atoms with Crippen LogP contribution in [-0.2, 0) is 0 Å². The standard InChI is InChI=1S/C16H14ClN3O4/c1-23-13-8-10(9-19-20-16(18)22)7-12(17)14(13)24-15(21)11-5-3-2-4-6-11/h2-9H,1H3,(H3,18,20,22). The van der Waals surface area contributed by atoms with Gasteiger partial charge in [-0.3, -0.25) is 0 Å². The van der Waals surface area contributed by atoms with Crippen molar-refractivity contribution in [3.05, 3.63) is 58.6 Å². The van der Waals surface area contributed by atoms with Gasteiger partial charge in [0, 0.05) is 0 Å². The van der Waals surface area contributed by atoms with Crippen molar-refractivity contribution in [3.8, 4) is 11.5 Å². The molecule has 2 amide bonds. The van der Waals surface area contributed by atoms with E-state index < -0.39 is 12.0 Å². The van der Waals surface area contributed by atoms with Gasteiger partial charge < -0.3 is 15.2 Å². The Kier molecular flexibility index (Phi) is 5.75. The first-order chi connectivity index (χ1) is 11.5. The summed E-state index contributed by atoms with van der Waals surface area (Å²) in [7, 11) is 1.41. The van der Waals surface area contributed by atoms with E-state index in [0.717, 1.165) is 0 Å². The minimum atomic E-state index is -0.794. The van der Waals surface area contributed by atoms with E-state index in [1.165, 1.54) is 19.4 Å². The second-order valence-electron chi connectivity index (χ2n) is 4.52. The van der Waals surface area contributed by atoms with E-state index in [0.29, 0.717) is 11.1 Å². The third kappa shape index (κ3) is 4.47. The lowest BCUT2D eigenvalue weighted by molar-refractivity contribution is 0.0730. The van der Waals surface area contributed by atoms with E-state index in [4.69, 9.17) is 26.8 Å². The molecule has 24 heavy (non-hydrogen) atoms. The summed E-state index contributed by atoms with van der Waals surface area (Å²) < 4.78 is 10.5. The van der Waals surface area contributed by atoms with Gasteiger partial charge in [-0.1, -0.05) is 29.8 Å². The molecule has 2 aromatic carbocycles. The number of nitrogens with two attached hydrogens (primary N) is 1. The summed E-state index contributed by atoms with van der Waals surface area (Å²) in [6.07, 6.45) is 1.32. The lowest BCUT2D eigenvalue weighted by Gasteiger charge is -2.12. The van der Waals surface area contributed by atoms with Crippen LogP contribution in [-0.4, -0.2) is 25.3 Å². The Hall–Kier alpha value is -3.06. The summed E-state index contributed by atoms with van der Waals surface area (Å²) in [5, 5.41) is 3.78. The van der Waals surface area contributed by atoms with Crippen molar-refractivity contribution in [2.24, 2.45) is 10.8 Å². The molecule has 7 nitrogen and oxygen atoms in total. The second-order valence-corrected chi connectivity index (χ2v) is 4.93. The van der Waals surface area contributed by atoms with E-state index in [9.17, 15) is 9.59 Å². The molecule has 0 heterocycles. The summed E-state index contributed by atoms with van der Waals surface area (Å²) in [6.45, 7) is 0. The molecule has 3 N–H and O–H groups in total. The van der Waals surface area contributed by atoms with Crippen molar-refractivity contribution < 1.29 is 19.1 Å². The monoisotopic (exact) mass is 347 g/mol. The first kappa shape index (κ1) is 17.3. The summed E-state index contributed by atoms with van der Waals surface area (Å²) in [5.41, 5.74) is 7.86. The molecular formula is C16H14ClN3O4. The molecule has 0 saturated carbocycles. The van der Waals surface area contributed by atoms with Crippen LogP contribution >= 0.6 is 11.6 Å². The molecule has 8 heteroatoms. The number of ether oxygens (including phenoxy) is 2. The van der Waals surface area contributed by atoms with Crippen LogP contribution in [0.4, 0.5) is 4.79 Å². The van der Waals surface area contributed by atoms with Gasteiger partial charge in [-0.15, -0.1) is 0 Å².